The molecule has 6 nitrogen and oxygen atoms in total. The Balaban J connectivity index is 2.39. The van der Waals surface area contributed by atoms with Gasteiger partial charge in [0.25, 0.3) is 0 Å². The van der Waals surface area contributed by atoms with Gasteiger partial charge in [-0.3, -0.25) is 9.48 Å². The van der Waals surface area contributed by atoms with E-state index in [-0.39, 0.29) is 11.8 Å². The van der Waals surface area contributed by atoms with Crippen LogP contribution in [0.4, 0.5) is 0 Å². The number of rotatable bonds is 6. The minimum Gasteiger partial charge on any atom is -0.348 e. The van der Waals surface area contributed by atoms with Gasteiger partial charge in [0.1, 0.15) is 6.33 Å². The van der Waals surface area contributed by atoms with E-state index in [1.54, 1.807) is 18.1 Å². The molecular weight excluding hydrogens is 206 g/mol. The van der Waals surface area contributed by atoms with E-state index in [1.807, 2.05) is 6.92 Å². The molecule has 0 bridgehead atoms. The third-order valence-electron chi connectivity index (χ3n) is 2.36. The van der Waals surface area contributed by atoms with E-state index in [0.29, 0.717) is 18.9 Å². The molecule has 0 spiro atoms. The highest BCUT2D eigenvalue weighted by molar-refractivity contribution is 5.78. The lowest BCUT2D eigenvalue weighted by molar-refractivity contribution is -0.125. The highest BCUT2D eigenvalue weighted by Gasteiger charge is 2.15. The van der Waals surface area contributed by atoms with E-state index in [4.69, 9.17) is 5.73 Å². The van der Waals surface area contributed by atoms with Crippen LogP contribution in [-0.4, -0.2) is 27.2 Å². The van der Waals surface area contributed by atoms with E-state index in [9.17, 15) is 4.79 Å². The maximum absolute atomic E-state index is 11.7. The first-order chi connectivity index (χ1) is 7.67. The fourth-order valence-electron chi connectivity index (χ4n) is 1.48. The van der Waals surface area contributed by atoms with Crippen molar-refractivity contribution in [3.05, 3.63) is 12.2 Å². The Hall–Kier alpha value is -1.43. The third kappa shape index (κ3) is 3.62. The summed E-state index contributed by atoms with van der Waals surface area (Å²) < 4.78 is 1.61. The number of nitrogens with zero attached hydrogens (tertiary/aromatic N) is 3. The summed E-state index contributed by atoms with van der Waals surface area (Å²) in [5.74, 6) is 0.494. The van der Waals surface area contributed by atoms with Gasteiger partial charge in [-0.1, -0.05) is 13.3 Å². The van der Waals surface area contributed by atoms with E-state index in [1.165, 1.54) is 0 Å². The monoisotopic (exact) mass is 225 g/mol. The summed E-state index contributed by atoms with van der Waals surface area (Å²) in [6, 6.07) is 0. The molecule has 1 heterocycles. The number of hydrogen-bond donors (Lipinski definition) is 2. The number of amides is 1. The summed E-state index contributed by atoms with van der Waals surface area (Å²) in [7, 11) is 1.79. The molecule has 1 amide bonds. The summed E-state index contributed by atoms with van der Waals surface area (Å²) in [6.07, 6.45) is 3.38. The molecule has 0 aromatic carbocycles. The van der Waals surface area contributed by atoms with Gasteiger partial charge < -0.3 is 11.1 Å². The van der Waals surface area contributed by atoms with Crippen LogP contribution in [0.3, 0.4) is 0 Å². The molecule has 1 rings (SSSR count). The average Bonchev–Trinajstić information content (AvgIpc) is 2.68. The smallest absolute Gasteiger partial charge is 0.224 e. The summed E-state index contributed by atoms with van der Waals surface area (Å²) in [4.78, 5) is 15.7. The highest BCUT2D eigenvalue weighted by Crippen LogP contribution is 2.04. The molecule has 0 saturated heterocycles. The van der Waals surface area contributed by atoms with Crippen molar-refractivity contribution in [3.8, 4) is 0 Å². The lowest BCUT2D eigenvalue weighted by Gasteiger charge is -2.12. The summed E-state index contributed by atoms with van der Waals surface area (Å²) in [5.41, 5.74) is 5.54. The third-order valence-corrected chi connectivity index (χ3v) is 2.36. The number of carbonyl (C=O) groups is 1. The molecule has 0 aliphatic heterocycles. The van der Waals surface area contributed by atoms with Crippen LogP contribution in [0.25, 0.3) is 0 Å². The largest absolute Gasteiger partial charge is 0.348 e. The molecular formula is C10H19N5O. The maximum Gasteiger partial charge on any atom is 0.224 e. The van der Waals surface area contributed by atoms with Gasteiger partial charge in [-0.05, 0) is 6.42 Å². The Morgan fingerprint density at radius 1 is 1.69 bits per heavy atom. The summed E-state index contributed by atoms with van der Waals surface area (Å²) in [5, 5.41) is 6.86. The first kappa shape index (κ1) is 12.6. The van der Waals surface area contributed by atoms with E-state index in [2.05, 4.69) is 15.4 Å². The van der Waals surface area contributed by atoms with Crippen molar-refractivity contribution in [2.24, 2.45) is 18.7 Å². The Labute approximate surface area is 95.2 Å². The Morgan fingerprint density at radius 2 is 2.44 bits per heavy atom. The number of aromatic nitrogens is 3. The van der Waals surface area contributed by atoms with Gasteiger partial charge in [0, 0.05) is 13.6 Å². The van der Waals surface area contributed by atoms with Crippen molar-refractivity contribution in [2.75, 3.05) is 6.54 Å². The first-order valence-corrected chi connectivity index (χ1v) is 5.49. The number of carbonyl (C=O) groups excluding carboxylic acids is 1. The molecule has 1 aromatic rings. The molecule has 3 N–H and O–H groups in total. The molecule has 1 unspecified atom stereocenters. The fourth-order valence-corrected chi connectivity index (χ4v) is 1.48. The lowest BCUT2D eigenvalue weighted by Crippen LogP contribution is -2.34. The predicted octanol–water partition coefficient (Wildman–Crippen LogP) is -0.194. The van der Waals surface area contributed by atoms with Crippen LogP contribution in [0.15, 0.2) is 6.33 Å². The van der Waals surface area contributed by atoms with E-state index < -0.39 is 0 Å². The first-order valence-electron chi connectivity index (χ1n) is 5.49. The van der Waals surface area contributed by atoms with Crippen LogP contribution >= 0.6 is 0 Å². The second-order valence-corrected chi connectivity index (χ2v) is 3.77. The fraction of sp³-hybridized carbons (Fsp3) is 0.700. The lowest BCUT2D eigenvalue weighted by atomic mass is 10.0. The maximum atomic E-state index is 11.7. The van der Waals surface area contributed by atoms with E-state index >= 15 is 0 Å². The molecule has 0 fully saturated rings. The zero-order valence-electron chi connectivity index (χ0n) is 9.81. The van der Waals surface area contributed by atoms with Gasteiger partial charge in [0.05, 0.1) is 12.5 Å². The van der Waals surface area contributed by atoms with Crippen molar-refractivity contribution in [3.63, 3.8) is 0 Å². The standard InChI is InChI=1S/C10H19N5O/c1-3-4-8(5-11)10(16)12-6-9-13-7-15(2)14-9/h7-8H,3-6,11H2,1-2H3,(H,12,16). The number of hydrogen-bond acceptors (Lipinski definition) is 4. The van der Waals surface area contributed by atoms with Crippen LogP contribution in [0.2, 0.25) is 0 Å². The van der Waals surface area contributed by atoms with Gasteiger partial charge in [-0.15, -0.1) is 0 Å². The van der Waals surface area contributed by atoms with Crippen LogP contribution in [0.1, 0.15) is 25.6 Å². The molecule has 1 atom stereocenters. The van der Waals surface area contributed by atoms with Crippen LogP contribution in [-0.2, 0) is 18.4 Å². The van der Waals surface area contributed by atoms with Gasteiger partial charge in [0.2, 0.25) is 5.91 Å². The van der Waals surface area contributed by atoms with Crippen molar-refractivity contribution in [1.29, 1.82) is 0 Å². The summed E-state index contributed by atoms with van der Waals surface area (Å²) >= 11 is 0. The molecule has 0 radical (unpaired) electrons. The molecule has 0 aliphatic rings. The topological polar surface area (TPSA) is 85.8 Å². The van der Waals surface area contributed by atoms with Gasteiger partial charge in [-0.25, -0.2) is 4.98 Å². The minimum absolute atomic E-state index is 0.0168. The highest BCUT2D eigenvalue weighted by atomic mass is 16.1. The predicted molar refractivity (Wildman–Crippen MR) is 60.3 cm³/mol. The van der Waals surface area contributed by atoms with Crippen molar-refractivity contribution in [2.45, 2.75) is 26.3 Å². The quantitative estimate of drug-likeness (QED) is 0.702. The van der Waals surface area contributed by atoms with Gasteiger partial charge >= 0.3 is 0 Å². The molecule has 6 heteroatoms. The molecule has 0 aliphatic carbocycles. The summed E-state index contributed by atoms with van der Waals surface area (Å²) in [6.45, 7) is 2.78. The zero-order chi connectivity index (χ0) is 12.0. The van der Waals surface area contributed by atoms with Crippen LogP contribution in [0, 0.1) is 5.92 Å². The van der Waals surface area contributed by atoms with Gasteiger partial charge in [-0.2, -0.15) is 5.10 Å². The molecule has 16 heavy (non-hydrogen) atoms. The minimum atomic E-state index is -0.103. The molecule has 0 saturated carbocycles. The number of nitrogens with one attached hydrogen (secondary N) is 1. The Kier molecular flexibility index (Phi) is 4.91. The van der Waals surface area contributed by atoms with Gasteiger partial charge in [0.15, 0.2) is 5.82 Å². The number of nitrogens with two attached hydrogens (primary N) is 1. The van der Waals surface area contributed by atoms with Crippen LogP contribution in [0.5, 0.6) is 0 Å². The molecule has 90 valence electrons. The second-order valence-electron chi connectivity index (χ2n) is 3.77. The Bertz CT molecular complexity index is 336. The second kappa shape index (κ2) is 6.22. The molecule has 1 aromatic heterocycles. The van der Waals surface area contributed by atoms with Crippen LogP contribution < -0.4 is 11.1 Å². The zero-order valence-corrected chi connectivity index (χ0v) is 9.81. The van der Waals surface area contributed by atoms with Crippen molar-refractivity contribution < 1.29 is 4.79 Å². The Morgan fingerprint density at radius 3 is 2.94 bits per heavy atom. The van der Waals surface area contributed by atoms with E-state index in [0.717, 1.165) is 12.8 Å². The SMILES string of the molecule is CCCC(CN)C(=O)NCc1ncn(C)n1. The number of aryl methyl sites for hydroxylation is 1. The van der Waals surface area contributed by atoms with Crippen molar-refractivity contribution in [1.82, 2.24) is 20.1 Å². The normalized spacial score (nSPS) is 12.4. The van der Waals surface area contributed by atoms with Crippen molar-refractivity contribution >= 4 is 5.91 Å². The average molecular weight is 225 g/mol.